The van der Waals surface area contributed by atoms with Crippen molar-refractivity contribution in [1.82, 2.24) is 5.32 Å². The van der Waals surface area contributed by atoms with E-state index in [9.17, 15) is 9.90 Å². The van der Waals surface area contributed by atoms with Crippen LogP contribution in [0.4, 0.5) is 0 Å². The van der Waals surface area contributed by atoms with Crippen LogP contribution < -0.4 is 5.32 Å². The molecule has 20 heavy (non-hydrogen) atoms. The van der Waals surface area contributed by atoms with Crippen molar-refractivity contribution in [1.29, 1.82) is 0 Å². The Morgan fingerprint density at radius 1 is 1.45 bits per heavy atom. The van der Waals surface area contributed by atoms with E-state index >= 15 is 0 Å². The van der Waals surface area contributed by atoms with E-state index in [2.05, 4.69) is 5.32 Å². The second kappa shape index (κ2) is 6.57. The van der Waals surface area contributed by atoms with Crippen molar-refractivity contribution in [3.8, 4) is 0 Å². The van der Waals surface area contributed by atoms with Crippen LogP contribution in [-0.4, -0.2) is 30.3 Å². The second-order valence-corrected chi connectivity index (χ2v) is 5.61. The number of aliphatic hydroxyl groups is 1. The number of nitrogens with one attached hydrogen (secondary N) is 1. The Bertz CT molecular complexity index is 472. The summed E-state index contributed by atoms with van der Waals surface area (Å²) in [6.07, 6.45) is 2.73. The number of methoxy groups -OCH3 is 1. The summed E-state index contributed by atoms with van der Waals surface area (Å²) in [5, 5.41) is 13.9. The van der Waals surface area contributed by atoms with Gasteiger partial charge < -0.3 is 9.84 Å². The third-order valence-electron chi connectivity index (χ3n) is 3.93. The molecule has 0 bridgehead atoms. The number of halogens is 1. The minimum atomic E-state index is -0.745. The van der Waals surface area contributed by atoms with E-state index in [1.165, 1.54) is 7.11 Å². The molecule has 0 saturated heterocycles. The maximum absolute atomic E-state index is 12.0. The summed E-state index contributed by atoms with van der Waals surface area (Å²) in [5.74, 6) is -0.249. The monoisotopic (exact) mass is 297 g/mol. The molecule has 110 valence electrons. The number of carbonyl (C=O) groups excluding carboxylic acids is 1. The first kappa shape index (κ1) is 15.3. The van der Waals surface area contributed by atoms with Gasteiger partial charge in [0.1, 0.15) is 5.54 Å². The Labute approximate surface area is 124 Å². The predicted molar refractivity (Wildman–Crippen MR) is 77.6 cm³/mol. The minimum Gasteiger partial charge on any atom is -0.468 e. The van der Waals surface area contributed by atoms with Gasteiger partial charge in [0.05, 0.1) is 13.2 Å². The smallest absolute Gasteiger partial charge is 0.326 e. The predicted octanol–water partition coefficient (Wildman–Crippen LogP) is 2.45. The summed E-state index contributed by atoms with van der Waals surface area (Å²) in [6, 6.07) is 7.18. The first-order chi connectivity index (χ1) is 9.59. The molecule has 1 unspecified atom stereocenters. The summed E-state index contributed by atoms with van der Waals surface area (Å²) in [7, 11) is 1.40. The summed E-state index contributed by atoms with van der Waals surface area (Å²) in [5.41, 5.74) is 0.0106. The molecule has 1 aliphatic carbocycles. The van der Waals surface area contributed by atoms with Gasteiger partial charge in [0, 0.05) is 17.1 Å². The van der Waals surface area contributed by atoms with Gasteiger partial charge in [-0.2, -0.15) is 0 Å². The zero-order valence-electron chi connectivity index (χ0n) is 11.6. The lowest BCUT2D eigenvalue weighted by Gasteiger charge is -2.28. The number of carbonyl (C=O) groups is 1. The number of ether oxygens (including phenoxy) is 1. The third kappa shape index (κ3) is 3.14. The number of rotatable bonds is 5. The van der Waals surface area contributed by atoms with Gasteiger partial charge in [0.2, 0.25) is 0 Å². The molecule has 1 aromatic carbocycles. The number of hydrogen-bond acceptors (Lipinski definition) is 4. The van der Waals surface area contributed by atoms with Gasteiger partial charge in [-0.15, -0.1) is 0 Å². The van der Waals surface area contributed by atoms with Crippen LogP contribution in [-0.2, 0) is 9.53 Å². The number of benzene rings is 1. The van der Waals surface area contributed by atoms with Crippen LogP contribution in [0.1, 0.15) is 37.4 Å². The summed E-state index contributed by atoms with van der Waals surface area (Å²) in [6.45, 7) is 0.277. The van der Waals surface area contributed by atoms with Gasteiger partial charge in [0.15, 0.2) is 0 Å². The Morgan fingerprint density at radius 3 is 2.70 bits per heavy atom. The average molecular weight is 298 g/mol. The van der Waals surface area contributed by atoms with E-state index in [0.717, 1.165) is 25.7 Å². The molecule has 2 N–H and O–H groups in total. The second-order valence-electron chi connectivity index (χ2n) is 5.20. The highest BCUT2D eigenvalue weighted by molar-refractivity contribution is 6.31. The van der Waals surface area contributed by atoms with Crippen molar-refractivity contribution in [2.75, 3.05) is 13.7 Å². The van der Waals surface area contributed by atoms with E-state index < -0.39 is 11.6 Å². The van der Waals surface area contributed by atoms with Crippen molar-refractivity contribution in [2.24, 2.45) is 0 Å². The maximum Gasteiger partial charge on any atom is 0.326 e. The third-order valence-corrected chi connectivity index (χ3v) is 4.28. The van der Waals surface area contributed by atoms with Crippen LogP contribution in [0.25, 0.3) is 0 Å². The fourth-order valence-electron chi connectivity index (χ4n) is 2.77. The highest BCUT2D eigenvalue weighted by Gasteiger charge is 2.42. The van der Waals surface area contributed by atoms with Crippen molar-refractivity contribution in [3.63, 3.8) is 0 Å². The molecule has 5 heteroatoms. The molecule has 2 rings (SSSR count). The molecule has 0 heterocycles. The highest BCUT2D eigenvalue weighted by atomic mass is 35.5. The van der Waals surface area contributed by atoms with Gasteiger partial charge in [-0.3, -0.25) is 10.1 Å². The molecule has 0 aromatic heterocycles. The van der Waals surface area contributed by atoms with Crippen LogP contribution in [0.5, 0.6) is 0 Å². The molecular weight excluding hydrogens is 278 g/mol. The summed E-state index contributed by atoms with van der Waals surface area (Å²) >= 11 is 6.06. The fraction of sp³-hybridized carbons (Fsp3) is 0.533. The first-order valence-corrected chi connectivity index (χ1v) is 7.23. The van der Waals surface area contributed by atoms with E-state index in [4.69, 9.17) is 16.3 Å². The minimum absolute atomic E-state index is 0.249. The van der Waals surface area contributed by atoms with E-state index in [0.29, 0.717) is 10.6 Å². The number of esters is 1. The van der Waals surface area contributed by atoms with E-state index in [1.807, 2.05) is 12.1 Å². The van der Waals surface area contributed by atoms with Crippen LogP contribution in [0.3, 0.4) is 0 Å². The van der Waals surface area contributed by atoms with Gasteiger partial charge in [-0.1, -0.05) is 42.6 Å². The van der Waals surface area contributed by atoms with Crippen LogP contribution in [0, 0.1) is 0 Å². The van der Waals surface area contributed by atoms with Crippen molar-refractivity contribution < 1.29 is 14.6 Å². The van der Waals surface area contributed by atoms with Crippen LogP contribution >= 0.6 is 11.6 Å². The maximum atomic E-state index is 12.0. The summed E-state index contributed by atoms with van der Waals surface area (Å²) < 4.78 is 4.89. The van der Waals surface area contributed by atoms with Gasteiger partial charge in [0.25, 0.3) is 0 Å². The Kier molecular flexibility index (Phi) is 5.02. The summed E-state index contributed by atoms with van der Waals surface area (Å²) in [4.78, 5) is 12.0. The SMILES string of the molecule is COC(=O)C1(NCC(O)c2ccccc2Cl)CCCC1. The zero-order valence-corrected chi connectivity index (χ0v) is 12.3. The molecule has 0 radical (unpaired) electrons. The van der Waals surface area contributed by atoms with E-state index in [-0.39, 0.29) is 12.5 Å². The largest absolute Gasteiger partial charge is 0.468 e. The quantitative estimate of drug-likeness (QED) is 0.820. The molecular formula is C15H20ClNO3. The molecule has 0 spiro atoms. The van der Waals surface area contributed by atoms with Crippen LogP contribution in [0.2, 0.25) is 5.02 Å². The molecule has 0 amide bonds. The van der Waals surface area contributed by atoms with Crippen molar-refractivity contribution >= 4 is 17.6 Å². The highest BCUT2D eigenvalue weighted by Crippen LogP contribution is 2.31. The standard InChI is InChI=1S/C15H20ClNO3/c1-20-14(19)15(8-4-5-9-15)17-10-13(18)11-6-2-3-7-12(11)16/h2-3,6-7,13,17-18H,4-5,8-10H2,1H3. The first-order valence-electron chi connectivity index (χ1n) is 6.85. The molecule has 1 fully saturated rings. The lowest BCUT2D eigenvalue weighted by Crippen LogP contribution is -2.51. The molecule has 4 nitrogen and oxygen atoms in total. The van der Waals surface area contributed by atoms with Gasteiger partial charge in [-0.25, -0.2) is 0 Å². The molecule has 0 aliphatic heterocycles. The molecule has 1 aliphatic rings. The fourth-order valence-corrected chi connectivity index (χ4v) is 3.04. The number of aliphatic hydroxyl groups excluding tert-OH is 1. The topological polar surface area (TPSA) is 58.6 Å². The van der Waals surface area contributed by atoms with Crippen molar-refractivity contribution in [3.05, 3.63) is 34.9 Å². The average Bonchev–Trinajstić information content (AvgIpc) is 2.94. The molecule has 1 aromatic rings. The lowest BCUT2D eigenvalue weighted by atomic mass is 9.97. The Balaban J connectivity index is 2.03. The molecule has 1 atom stereocenters. The zero-order chi connectivity index (χ0) is 14.6. The Morgan fingerprint density at radius 2 is 2.10 bits per heavy atom. The van der Waals surface area contributed by atoms with E-state index in [1.54, 1.807) is 12.1 Å². The number of hydrogen-bond donors (Lipinski definition) is 2. The van der Waals surface area contributed by atoms with Gasteiger partial charge in [-0.05, 0) is 18.9 Å². The van der Waals surface area contributed by atoms with Gasteiger partial charge >= 0.3 is 5.97 Å². The molecule has 1 saturated carbocycles. The normalized spacial score (nSPS) is 18.8. The Hall–Kier alpha value is -1.10. The number of β-amino-alcohol motifs (C(OH)–C–C–N with tert-alkyl or cyclic N) is 1. The van der Waals surface area contributed by atoms with Crippen LogP contribution in [0.15, 0.2) is 24.3 Å². The lowest BCUT2D eigenvalue weighted by molar-refractivity contribution is -0.148. The van der Waals surface area contributed by atoms with Crippen molar-refractivity contribution in [2.45, 2.75) is 37.3 Å².